The molecule has 0 atom stereocenters. The van der Waals surface area contributed by atoms with Crippen LogP contribution in [-0.4, -0.2) is 0 Å². The predicted octanol–water partition coefficient (Wildman–Crippen LogP) is 4.76. The van der Waals surface area contributed by atoms with Crippen molar-refractivity contribution in [3.05, 3.63) is 55.6 Å². The molecular formula is C13H10Cl2INO. The molecular weight excluding hydrogens is 384 g/mol. The summed E-state index contributed by atoms with van der Waals surface area (Å²) in [6.45, 7) is 0.444. The number of ether oxygens (including phenoxy) is 1. The minimum absolute atomic E-state index is 0.427. The van der Waals surface area contributed by atoms with E-state index < -0.39 is 0 Å². The van der Waals surface area contributed by atoms with Gasteiger partial charge in [-0.1, -0.05) is 35.3 Å². The normalized spacial score (nSPS) is 10.4. The SMILES string of the molecule is Nc1cc(Cl)c(Cl)cc1OCc1ccc(I)cc1. The van der Waals surface area contributed by atoms with Crippen LogP contribution in [0.2, 0.25) is 10.0 Å². The van der Waals surface area contributed by atoms with Crippen molar-refractivity contribution < 1.29 is 4.74 Å². The first kappa shape index (κ1) is 13.8. The summed E-state index contributed by atoms with van der Waals surface area (Å²) in [5.74, 6) is 0.544. The average Bonchev–Trinajstić information content (AvgIpc) is 2.34. The van der Waals surface area contributed by atoms with Crippen LogP contribution in [0.15, 0.2) is 36.4 Å². The molecule has 0 bridgehead atoms. The molecule has 0 aliphatic carbocycles. The largest absolute Gasteiger partial charge is 0.487 e. The number of rotatable bonds is 3. The van der Waals surface area contributed by atoms with Gasteiger partial charge in [-0.15, -0.1) is 0 Å². The number of benzene rings is 2. The van der Waals surface area contributed by atoms with E-state index in [9.17, 15) is 0 Å². The van der Waals surface area contributed by atoms with E-state index in [1.807, 2.05) is 24.3 Å². The van der Waals surface area contributed by atoms with Gasteiger partial charge in [0, 0.05) is 9.64 Å². The van der Waals surface area contributed by atoms with Gasteiger partial charge in [-0.2, -0.15) is 0 Å². The molecule has 2 aromatic rings. The van der Waals surface area contributed by atoms with Gasteiger partial charge in [-0.3, -0.25) is 0 Å². The molecule has 0 saturated heterocycles. The molecule has 0 aliphatic rings. The van der Waals surface area contributed by atoms with Crippen molar-refractivity contribution in [2.75, 3.05) is 5.73 Å². The predicted molar refractivity (Wildman–Crippen MR) is 84.4 cm³/mol. The number of hydrogen-bond donors (Lipinski definition) is 1. The number of halogens is 3. The van der Waals surface area contributed by atoms with Crippen LogP contribution in [0.4, 0.5) is 5.69 Å². The first-order valence-electron chi connectivity index (χ1n) is 5.18. The molecule has 0 heterocycles. The minimum atomic E-state index is 0.427. The molecule has 0 aromatic heterocycles. The summed E-state index contributed by atoms with van der Waals surface area (Å²) in [4.78, 5) is 0. The number of hydrogen-bond acceptors (Lipinski definition) is 2. The molecule has 0 radical (unpaired) electrons. The van der Waals surface area contributed by atoms with E-state index in [2.05, 4.69) is 22.6 Å². The fourth-order valence-electron chi connectivity index (χ4n) is 1.41. The van der Waals surface area contributed by atoms with Gasteiger partial charge in [0.2, 0.25) is 0 Å². The summed E-state index contributed by atoms with van der Waals surface area (Å²) >= 11 is 14.0. The molecule has 2 rings (SSSR count). The van der Waals surface area contributed by atoms with Gasteiger partial charge in [0.05, 0.1) is 15.7 Å². The van der Waals surface area contributed by atoms with Crippen LogP contribution in [0.5, 0.6) is 5.75 Å². The highest BCUT2D eigenvalue weighted by atomic mass is 127. The van der Waals surface area contributed by atoms with Crippen LogP contribution >= 0.6 is 45.8 Å². The zero-order chi connectivity index (χ0) is 13.1. The standard InChI is InChI=1S/C13H10Cl2INO/c14-10-5-12(17)13(6-11(10)15)18-7-8-1-3-9(16)4-2-8/h1-6H,7,17H2. The highest BCUT2D eigenvalue weighted by Crippen LogP contribution is 2.32. The van der Waals surface area contributed by atoms with Gasteiger partial charge in [0.25, 0.3) is 0 Å². The van der Waals surface area contributed by atoms with Gasteiger partial charge in [-0.05, 0) is 46.4 Å². The van der Waals surface area contributed by atoms with Gasteiger partial charge < -0.3 is 10.5 Å². The Balaban J connectivity index is 2.10. The van der Waals surface area contributed by atoms with Crippen LogP contribution in [-0.2, 0) is 6.61 Å². The zero-order valence-corrected chi connectivity index (χ0v) is 13.0. The smallest absolute Gasteiger partial charge is 0.144 e. The molecule has 18 heavy (non-hydrogen) atoms. The maximum absolute atomic E-state index is 5.92. The first-order valence-corrected chi connectivity index (χ1v) is 7.01. The van der Waals surface area contributed by atoms with Gasteiger partial charge in [-0.25, -0.2) is 0 Å². The summed E-state index contributed by atoms with van der Waals surface area (Å²) in [5.41, 5.74) is 7.36. The fraction of sp³-hybridized carbons (Fsp3) is 0.0769. The number of nitrogen functional groups attached to an aromatic ring is 1. The van der Waals surface area contributed by atoms with Crippen molar-refractivity contribution in [1.29, 1.82) is 0 Å². The molecule has 0 amide bonds. The Morgan fingerprint density at radius 3 is 2.33 bits per heavy atom. The Hall–Kier alpha value is -0.650. The average molecular weight is 394 g/mol. The lowest BCUT2D eigenvalue weighted by Crippen LogP contribution is -1.99. The van der Waals surface area contributed by atoms with Gasteiger partial charge >= 0.3 is 0 Å². The van der Waals surface area contributed by atoms with E-state index in [4.69, 9.17) is 33.7 Å². The fourth-order valence-corrected chi connectivity index (χ4v) is 2.10. The van der Waals surface area contributed by atoms with Crippen LogP contribution in [0.1, 0.15) is 5.56 Å². The molecule has 94 valence electrons. The molecule has 5 heteroatoms. The summed E-state index contributed by atoms with van der Waals surface area (Å²) in [7, 11) is 0. The first-order chi connectivity index (χ1) is 8.56. The lowest BCUT2D eigenvalue weighted by Gasteiger charge is -2.10. The van der Waals surface area contributed by atoms with Gasteiger partial charge in [0.1, 0.15) is 12.4 Å². The minimum Gasteiger partial charge on any atom is -0.487 e. The maximum Gasteiger partial charge on any atom is 0.144 e. The Morgan fingerprint density at radius 1 is 1.06 bits per heavy atom. The van der Waals surface area contributed by atoms with E-state index in [-0.39, 0.29) is 0 Å². The topological polar surface area (TPSA) is 35.2 Å². The van der Waals surface area contributed by atoms with E-state index in [0.29, 0.717) is 28.1 Å². The van der Waals surface area contributed by atoms with Crippen LogP contribution in [0.25, 0.3) is 0 Å². The van der Waals surface area contributed by atoms with Crippen LogP contribution in [0, 0.1) is 3.57 Å². The molecule has 0 spiro atoms. The van der Waals surface area contributed by atoms with Crippen molar-refractivity contribution >= 4 is 51.5 Å². The maximum atomic E-state index is 5.92. The molecule has 0 unspecified atom stereocenters. The van der Waals surface area contributed by atoms with Crippen molar-refractivity contribution in [3.63, 3.8) is 0 Å². The lowest BCUT2D eigenvalue weighted by molar-refractivity contribution is 0.308. The van der Waals surface area contributed by atoms with E-state index in [1.165, 1.54) is 3.57 Å². The molecule has 0 fully saturated rings. The lowest BCUT2D eigenvalue weighted by atomic mass is 10.2. The molecule has 0 saturated carbocycles. The highest BCUT2D eigenvalue weighted by molar-refractivity contribution is 14.1. The Labute approximate surface area is 129 Å². The second-order valence-corrected chi connectivity index (χ2v) is 5.78. The summed E-state index contributed by atoms with van der Waals surface area (Å²) < 4.78 is 6.81. The molecule has 2 N–H and O–H groups in total. The highest BCUT2D eigenvalue weighted by Gasteiger charge is 2.06. The Kier molecular flexibility index (Phi) is 4.59. The van der Waals surface area contributed by atoms with E-state index in [0.717, 1.165) is 5.56 Å². The second-order valence-electron chi connectivity index (χ2n) is 3.72. The summed E-state index contributed by atoms with van der Waals surface area (Å²) in [6.07, 6.45) is 0. The van der Waals surface area contributed by atoms with Crippen molar-refractivity contribution in [2.24, 2.45) is 0 Å². The van der Waals surface area contributed by atoms with E-state index in [1.54, 1.807) is 12.1 Å². The summed E-state index contributed by atoms with van der Waals surface area (Å²) in [6, 6.07) is 11.3. The zero-order valence-electron chi connectivity index (χ0n) is 9.29. The Morgan fingerprint density at radius 2 is 1.67 bits per heavy atom. The van der Waals surface area contributed by atoms with Crippen molar-refractivity contribution in [2.45, 2.75) is 6.61 Å². The number of nitrogens with two attached hydrogens (primary N) is 1. The monoisotopic (exact) mass is 393 g/mol. The molecule has 2 nitrogen and oxygen atoms in total. The third-order valence-corrected chi connectivity index (χ3v) is 3.80. The van der Waals surface area contributed by atoms with Gasteiger partial charge in [0.15, 0.2) is 0 Å². The summed E-state index contributed by atoms with van der Waals surface area (Å²) in [5, 5.41) is 0.860. The van der Waals surface area contributed by atoms with Crippen LogP contribution < -0.4 is 10.5 Å². The van der Waals surface area contributed by atoms with Crippen molar-refractivity contribution in [3.8, 4) is 5.75 Å². The van der Waals surface area contributed by atoms with Crippen LogP contribution in [0.3, 0.4) is 0 Å². The molecule has 2 aromatic carbocycles. The second kappa shape index (κ2) is 5.99. The van der Waals surface area contributed by atoms with Crippen molar-refractivity contribution in [1.82, 2.24) is 0 Å². The third kappa shape index (κ3) is 3.43. The Bertz CT molecular complexity index is 558. The molecule has 0 aliphatic heterocycles. The number of anilines is 1. The third-order valence-electron chi connectivity index (χ3n) is 2.36. The van der Waals surface area contributed by atoms with E-state index >= 15 is 0 Å². The quantitative estimate of drug-likeness (QED) is 0.602.